The molecule has 0 saturated heterocycles. The fourth-order valence-electron chi connectivity index (χ4n) is 1.37. The summed E-state index contributed by atoms with van der Waals surface area (Å²) in [6.45, 7) is 1.97. The van der Waals surface area contributed by atoms with Crippen LogP contribution < -0.4 is 5.32 Å². The predicted molar refractivity (Wildman–Crippen MR) is 46.7 cm³/mol. The quantitative estimate of drug-likeness (QED) is 0.586. The maximum Gasteiger partial charge on any atom is 0.0982 e. The molecule has 0 aromatic carbocycles. The highest BCUT2D eigenvalue weighted by molar-refractivity contribution is 6.31. The summed E-state index contributed by atoms with van der Waals surface area (Å²) in [5.74, 6) is 0.987. The molecule has 0 bridgehead atoms. The molecular formula is C8H9ClN2. The molecule has 2 rings (SSSR count). The molecule has 0 fully saturated rings. The first-order valence-corrected chi connectivity index (χ1v) is 4.02. The highest BCUT2D eigenvalue weighted by Crippen LogP contribution is 2.24. The summed E-state index contributed by atoms with van der Waals surface area (Å²) >= 11 is 5.82. The van der Waals surface area contributed by atoms with Gasteiger partial charge in [0, 0.05) is 10.7 Å². The molecule has 1 aliphatic heterocycles. The molecule has 1 unspecified atom stereocenters. The maximum atomic E-state index is 5.82. The number of hydrogen-bond acceptors (Lipinski definition) is 2. The minimum atomic E-state index is 0.303. The van der Waals surface area contributed by atoms with Gasteiger partial charge in [-0.25, -0.2) is 0 Å². The molecule has 3 heteroatoms. The van der Waals surface area contributed by atoms with Crippen molar-refractivity contribution in [2.45, 2.75) is 19.4 Å². The van der Waals surface area contributed by atoms with Crippen molar-refractivity contribution in [2.75, 3.05) is 0 Å². The van der Waals surface area contributed by atoms with Crippen LogP contribution in [0.2, 0.25) is 0 Å². The Hall–Kier alpha value is -0.760. The van der Waals surface area contributed by atoms with Crippen molar-refractivity contribution in [1.82, 2.24) is 5.32 Å². The van der Waals surface area contributed by atoms with E-state index in [-0.39, 0.29) is 0 Å². The zero-order valence-electron chi connectivity index (χ0n) is 6.26. The summed E-state index contributed by atoms with van der Waals surface area (Å²) in [4.78, 5) is 4.38. The summed E-state index contributed by atoms with van der Waals surface area (Å²) in [7, 11) is 0. The van der Waals surface area contributed by atoms with E-state index in [9.17, 15) is 0 Å². The van der Waals surface area contributed by atoms with Gasteiger partial charge < -0.3 is 5.32 Å². The van der Waals surface area contributed by atoms with E-state index >= 15 is 0 Å². The Balaban J connectivity index is 2.27. The van der Waals surface area contributed by atoms with Crippen molar-refractivity contribution in [3.8, 4) is 0 Å². The van der Waals surface area contributed by atoms with Gasteiger partial charge in [0.1, 0.15) is 0 Å². The van der Waals surface area contributed by atoms with Crippen LogP contribution in [0.25, 0.3) is 0 Å². The van der Waals surface area contributed by atoms with Crippen LogP contribution in [0.4, 0.5) is 0 Å². The molecule has 0 aromatic rings. The van der Waals surface area contributed by atoms with Crippen molar-refractivity contribution in [3.63, 3.8) is 0 Å². The van der Waals surface area contributed by atoms with Gasteiger partial charge in [-0.2, -0.15) is 0 Å². The van der Waals surface area contributed by atoms with E-state index in [1.54, 1.807) is 0 Å². The van der Waals surface area contributed by atoms with Crippen LogP contribution >= 0.6 is 11.6 Å². The average Bonchev–Trinajstić information content (AvgIpc) is 2.27. The molecule has 0 radical (unpaired) electrons. The molecule has 1 N–H and O–H groups in total. The third-order valence-corrected chi connectivity index (χ3v) is 2.13. The number of amidine groups is 1. The second kappa shape index (κ2) is 2.38. The van der Waals surface area contributed by atoms with Crippen LogP contribution in [-0.2, 0) is 0 Å². The summed E-state index contributed by atoms with van der Waals surface area (Å²) in [6.07, 6.45) is 4.87. The van der Waals surface area contributed by atoms with E-state index in [0.29, 0.717) is 6.04 Å². The van der Waals surface area contributed by atoms with E-state index in [0.717, 1.165) is 23.0 Å². The van der Waals surface area contributed by atoms with Crippen molar-refractivity contribution in [2.24, 2.45) is 4.99 Å². The lowest BCUT2D eigenvalue weighted by Crippen LogP contribution is -2.17. The molecule has 1 heterocycles. The molecular weight excluding hydrogens is 160 g/mol. The second-order valence-corrected chi connectivity index (χ2v) is 3.22. The zero-order chi connectivity index (χ0) is 7.84. The van der Waals surface area contributed by atoms with E-state index in [2.05, 4.69) is 10.3 Å². The monoisotopic (exact) mass is 168 g/mol. The maximum absolute atomic E-state index is 5.82. The lowest BCUT2D eigenvalue weighted by atomic mass is 10.1. The fraction of sp³-hybridized carbons (Fsp3) is 0.375. The lowest BCUT2D eigenvalue weighted by Gasteiger charge is -2.11. The molecule has 2 aliphatic rings. The Bertz CT molecular complexity index is 276. The molecule has 58 valence electrons. The second-order valence-electron chi connectivity index (χ2n) is 2.78. The van der Waals surface area contributed by atoms with Crippen molar-refractivity contribution in [3.05, 3.63) is 22.9 Å². The summed E-state index contributed by atoms with van der Waals surface area (Å²) in [6, 6.07) is 0.303. The SMILES string of the molecule is CC1=NC2CC=C(Cl)C=C2N1. The predicted octanol–water partition coefficient (Wildman–Crippen LogP) is 1.79. The topological polar surface area (TPSA) is 24.4 Å². The molecule has 1 atom stereocenters. The minimum absolute atomic E-state index is 0.303. The zero-order valence-corrected chi connectivity index (χ0v) is 7.02. The van der Waals surface area contributed by atoms with E-state index in [1.165, 1.54) is 0 Å². The van der Waals surface area contributed by atoms with Crippen molar-refractivity contribution >= 4 is 17.4 Å². The van der Waals surface area contributed by atoms with Gasteiger partial charge in [0.05, 0.1) is 11.9 Å². The standard InChI is InChI=1S/C8H9ClN2/c1-5-10-7-3-2-6(9)4-8(7)11-5/h2,4,7H,3H2,1H3,(H,10,11). The van der Waals surface area contributed by atoms with E-state index in [4.69, 9.17) is 11.6 Å². The number of allylic oxidation sites excluding steroid dienone is 2. The molecule has 0 spiro atoms. The number of hydrogen-bond donors (Lipinski definition) is 1. The summed E-state index contributed by atoms with van der Waals surface area (Å²) in [5.41, 5.74) is 1.13. The Morgan fingerprint density at radius 3 is 3.36 bits per heavy atom. The van der Waals surface area contributed by atoms with Gasteiger partial charge in [-0.15, -0.1) is 0 Å². The highest BCUT2D eigenvalue weighted by atomic mass is 35.5. The van der Waals surface area contributed by atoms with Gasteiger partial charge in [0.2, 0.25) is 0 Å². The Kier molecular flexibility index (Phi) is 1.50. The summed E-state index contributed by atoms with van der Waals surface area (Å²) in [5, 5.41) is 3.99. The van der Waals surface area contributed by atoms with Crippen LogP contribution in [0.5, 0.6) is 0 Å². The van der Waals surface area contributed by atoms with Crippen LogP contribution in [0.3, 0.4) is 0 Å². The lowest BCUT2D eigenvalue weighted by molar-refractivity contribution is 0.782. The first-order chi connectivity index (χ1) is 5.25. The number of aliphatic imine (C=N–C) groups is 1. The number of nitrogens with zero attached hydrogens (tertiary/aromatic N) is 1. The summed E-state index contributed by atoms with van der Waals surface area (Å²) < 4.78 is 0. The fourth-order valence-corrected chi connectivity index (χ4v) is 1.58. The van der Waals surface area contributed by atoms with Gasteiger partial charge in [0.25, 0.3) is 0 Å². The van der Waals surface area contributed by atoms with Gasteiger partial charge in [-0.05, 0) is 19.4 Å². The van der Waals surface area contributed by atoms with Crippen LogP contribution in [0, 0.1) is 0 Å². The highest BCUT2D eigenvalue weighted by Gasteiger charge is 2.21. The average molecular weight is 169 g/mol. The molecule has 0 amide bonds. The van der Waals surface area contributed by atoms with Crippen molar-refractivity contribution in [1.29, 1.82) is 0 Å². The Morgan fingerprint density at radius 1 is 1.73 bits per heavy atom. The number of fused-ring (bicyclic) bond motifs is 1. The molecule has 2 nitrogen and oxygen atoms in total. The van der Waals surface area contributed by atoms with Crippen LogP contribution in [-0.4, -0.2) is 11.9 Å². The third kappa shape index (κ3) is 1.18. The van der Waals surface area contributed by atoms with E-state index in [1.807, 2.05) is 19.1 Å². The molecule has 11 heavy (non-hydrogen) atoms. The van der Waals surface area contributed by atoms with Gasteiger partial charge in [-0.3, -0.25) is 4.99 Å². The number of halogens is 1. The molecule has 0 aromatic heterocycles. The van der Waals surface area contributed by atoms with Crippen LogP contribution in [0.15, 0.2) is 27.9 Å². The van der Waals surface area contributed by atoms with Gasteiger partial charge in [-0.1, -0.05) is 17.7 Å². The molecule has 0 saturated carbocycles. The largest absolute Gasteiger partial charge is 0.346 e. The smallest absolute Gasteiger partial charge is 0.0982 e. The molecule has 1 aliphatic carbocycles. The van der Waals surface area contributed by atoms with Gasteiger partial charge in [0.15, 0.2) is 0 Å². The third-order valence-electron chi connectivity index (χ3n) is 1.86. The minimum Gasteiger partial charge on any atom is -0.346 e. The Labute approximate surface area is 70.7 Å². The Morgan fingerprint density at radius 2 is 2.55 bits per heavy atom. The van der Waals surface area contributed by atoms with Crippen molar-refractivity contribution < 1.29 is 0 Å². The van der Waals surface area contributed by atoms with Gasteiger partial charge >= 0.3 is 0 Å². The number of rotatable bonds is 0. The normalized spacial score (nSPS) is 28.2. The van der Waals surface area contributed by atoms with Crippen LogP contribution in [0.1, 0.15) is 13.3 Å². The number of nitrogens with one attached hydrogen (secondary N) is 1. The first-order valence-electron chi connectivity index (χ1n) is 3.64. The first kappa shape index (κ1) is 6.92. The van der Waals surface area contributed by atoms with E-state index < -0.39 is 0 Å².